The van der Waals surface area contributed by atoms with Gasteiger partial charge in [0.15, 0.2) is 0 Å². The van der Waals surface area contributed by atoms with Crippen LogP contribution in [-0.4, -0.2) is 19.0 Å². The second-order valence-electron chi connectivity index (χ2n) is 6.24. The topological polar surface area (TPSA) is 55.1 Å². The van der Waals surface area contributed by atoms with Gasteiger partial charge in [-0.1, -0.05) is 44.4 Å². The second kappa shape index (κ2) is 9.11. The molecule has 0 spiro atoms. The Morgan fingerprint density at radius 3 is 2.59 bits per heavy atom. The van der Waals surface area contributed by atoms with Crippen LogP contribution in [0.1, 0.15) is 51.5 Å². The fourth-order valence-electron chi connectivity index (χ4n) is 2.32. The highest BCUT2D eigenvalue weighted by Crippen LogP contribution is 2.29. The highest BCUT2D eigenvalue weighted by atomic mass is 35.5. The van der Waals surface area contributed by atoms with Crippen LogP contribution >= 0.6 is 11.6 Å². The Balaban J connectivity index is 2.43. The molecule has 0 saturated carbocycles. The first-order chi connectivity index (χ1) is 10.4. The second-order valence-corrected chi connectivity index (χ2v) is 6.64. The molecule has 0 aromatic heterocycles. The lowest BCUT2D eigenvalue weighted by atomic mass is 9.84. The van der Waals surface area contributed by atoms with E-state index in [1.54, 1.807) is 6.07 Å². The fourth-order valence-corrected chi connectivity index (χ4v) is 2.75. The summed E-state index contributed by atoms with van der Waals surface area (Å²) >= 11 is 6.10. The minimum Gasteiger partial charge on any atom is -0.355 e. The van der Waals surface area contributed by atoms with Crippen molar-refractivity contribution in [2.24, 2.45) is 5.73 Å². The van der Waals surface area contributed by atoms with Crippen molar-refractivity contribution in [3.63, 3.8) is 0 Å². The van der Waals surface area contributed by atoms with Crippen LogP contribution in [-0.2, 0) is 10.2 Å². The maximum atomic E-state index is 13.1. The van der Waals surface area contributed by atoms with E-state index in [0.717, 1.165) is 31.2 Å². The number of rotatable bonds is 9. The summed E-state index contributed by atoms with van der Waals surface area (Å²) in [5.74, 6) is -0.315. The van der Waals surface area contributed by atoms with Gasteiger partial charge in [0, 0.05) is 23.4 Å². The number of hydrogen-bond acceptors (Lipinski definition) is 2. The molecule has 1 aromatic rings. The number of nitrogens with two attached hydrogens (primary N) is 1. The molecule has 1 rings (SSSR count). The van der Waals surface area contributed by atoms with Crippen molar-refractivity contribution < 1.29 is 9.18 Å². The lowest BCUT2D eigenvalue weighted by Gasteiger charge is -2.26. The van der Waals surface area contributed by atoms with Gasteiger partial charge in [0.1, 0.15) is 5.82 Å². The Morgan fingerprint density at radius 2 is 1.95 bits per heavy atom. The van der Waals surface area contributed by atoms with Crippen molar-refractivity contribution in [2.45, 2.75) is 51.4 Å². The van der Waals surface area contributed by atoms with Crippen molar-refractivity contribution in [1.29, 1.82) is 0 Å². The summed E-state index contributed by atoms with van der Waals surface area (Å²) in [6, 6.07) is 4.37. The first-order valence-electron chi connectivity index (χ1n) is 7.79. The van der Waals surface area contributed by atoms with Crippen LogP contribution in [0.15, 0.2) is 18.2 Å². The third-order valence-corrected chi connectivity index (χ3v) is 4.06. The molecule has 0 saturated heterocycles. The number of carbonyl (C=O) groups excluding carboxylic acids is 1. The Bertz CT molecular complexity index is 492. The van der Waals surface area contributed by atoms with Crippen molar-refractivity contribution in [2.75, 3.05) is 13.1 Å². The molecule has 0 unspecified atom stereocenters. The van der Waals surface area contributed by atoms with Crippen LogP contribution in [0.5, 0.6) is 0 Å². The summed E-state index contributed by atoms with van der Waals surface area (Å²) in [4.78, 5) is 11.9. The predicted octanol–water partition coefficient (Wildman–Crippen LogP) is 3.78. The third kappa shape index (κ3) is 6.32. The molecule has 1 amide bonds. The van der Waals surface area contributed by atoms with Gasteiger partial charge in [-0.2, -0.15) is 0 Å². The van der Waals surface area contributed by atoms with Gasteiger partial charge in [-0.05, 0) is 37.1 Å². The van der Waals surface area contributed by atoms with Gasteiger partial charge in [0.25, 0.3) is 0 Å². The molecule has 0 heterocycles. The lowest BCUT2D eigenvalue weighted by Crippen LogP contribution is -2.36. The van der Waals surface area contributed by atoms with E-state index in [0.29, 0.717) is 24.5 Å². The fraction of sp³-hybridized carbons (Fsp3) is 0.588. The van der Waals surface area contributed by atoms with Gasteiger partial charge in [-0.15, -0.1) is 0 Å². The first-order valence-corrected chi connectivity index (χ1v) is 8.17. The smallest absolute Gasteiger partial charge is 0.220 e. The number of halogens is 2. The van der Waals surface area contributed by atoms with Crippen molar-refractivity contribution in [1.82, 2.24) is 5.32 Å². The monoisotopic (exact) mass is 328 g/mol. The molecule has 0 aliphatic carbocycles. The largest absolute Gasteiger partial charge is 0.355 e. The van der Waals surface area contributed by atoms with Crippen LogP contribution < -0.4 is 11.1 Å². The van der Waals surface area contributed by atoms with Gasteiger partial charge < -0.3 is 11.1 Å². The molecule has 0 atom stereocenters. The molecule has 22 heavy (non-hydrogen) atoms. The van der Waals surface area contributed by atoms with Crippen LogP contribution in [0.4, 0.5) is 4.39 Å². The van der Waals surface area contributed by atoms with Crippen molar-refractivity contribution in [3.8, 4) is 0 Å². The number of unbranched alkanes of at least 4 members (excludes halogenated alkanes) is 3. The van der Waals surface area contributed by atoms with Crippen LogP contribution in [0.25, 0.3) is 0 Å². The number of amides is 1. The molecule has 3 N–H and O–H groups in total. The minimum atomic E-state index is -0.355. The van der Waals surface area contributed by atoms with E-state index in [1.807, 2.05) is 13.8 Å². The quantitative estimate of drug-likeness (QED) is 0.678. The van der Waals surface area contributed by atoms with Crippen molar-refractivity contribution >= 4 is 17.5 Å². The van der Waals surface area contributed by atoms with E-state index in [-0.39, 0.29) is 17.1 Å². The van der Waals surface area contributed by atoms with E-state index in [2.05, 4.69) is 5.32 Å². The zero-order valence-electron chi connectivity index (χ0n) is 13.4. The molecule has 5 heteroatoms. The number of benzene rings is 1. The summed E-state index contributed by atoms with van der Waals surface area (Å²) in [7, 11) is 0. The average Bonchev–Trinajstić information content (AvgIpc) is 2.44. The molecule has 0 bridgehead atoms. The Kier molecular flexibility index (Phi) is 7.83. The Morgan fingerprint density at radius 1 is 1.27 bits per heavy atom. The Hall–Kier alpha value is -1.13. The van der Waals surface area contributed by atoms with Gasteiger partial charge in [-0.3, -0.25) is 4.79 Å². The summed E-state index contributed by atoms with van der Waals surface area (Å²) < 4.78 is 13.1. The van der Waals surface area contributed by atoms with E-state index in [9.17, 15) is 9.18 Å². The molecule has 0 aliphatic heterocycles. The molecular formula is C17H26ClFN2O. The molecule has 0 aliphatic rings. The SMILES string of the molecule is CC(C)(CNC(=O)CCCCCCN)c1ccc(F)cc1Cl. The van der Waals surface area contributed by atoms with Crippen LogP contribution in [0.3, 0.4) is 0 Å². The van der Waals surface area contributed by atoms with E-state index in [1.165, 1.54) is 12.1 Å². The Labute approximate surface area is 137 Å². The van der Waals surface area contributed by atoms with Crippen LogP contribution in [0, 0.1) is 5.82 Å². The number of carbonyl (C=O) groups is 1. The zero-order valence-corrected chi connectivity index (χ0v) is 14.2. The predicted molar refractivity (Wildman–Crippen MR) is 89.6 cm³/mol. The van der Waals surface area contributed by atoms with Gasteiger partial charge in [-0.25, -0.2) is 4.39 Å². The highest BCUT2D eigenvalue weighted by molar-refractivity contribution is 6.31. The van der Waals surface area contributed by atoms with E-state index >= 15 is 0 Å². The average molecular weight is 329 g/mol. The van der Waals surface area contributed by atoms with Gasteiger partial charge >= 0.3 is 0 Å². The molecule has 0 fully saturated rings. The lowest BCUT2D eigenvalue weighted by molar-refractivity contribution is -0.121. The summed E-state index contributed by atoms with van der Waals surface area (Å²) in [6.07, 6.45) is 4.51. The van der Waals surface area contributed by atoms with E-state index < -0.39 is 0 Å². The molecular weight excluding hydrogens is 303 g/mol. The standard InChI is InChI=1S/C17H26ClFN2O/c1-17(2,14-9-8-13(19)11-15(14)18)12-21-16(22)7-5-3-4-6-10-20/h8-9,11H,3-7,10,12,20H2,1-2H3,(H,21,22). The third-order valence-electron chi connectivity index (χ3n) is 3.75. The molecule has 3 nitrogen and oxygen atoms in total. The maximum Gasteiger partial charge on any atom is 0.220 e. The molecule has 0 radical (unpaired) electrons. The van der Waals surface area contributed by atoms with E-state index in [4.69, 9.17) is 17.3 Å². The first kappa shape index (κ1) is 18.9. The summed E-state index contributed by atoms with van der Waals surface area (Å²) in [5, 5.41) is 3.33. The van der Waals surface area contributed by atoms with Crippen LogP contribution in [0.2, 0.25) is 5.02 Å². The zero-order chi connectivity index (χ0) is 16.6. The number of nitrogens with one attached hydrogen (secondary N) is 1. The number of hydrogen-bond donors (Lipinski definition) is 2. The normalized spacial score (nSPS) is 11.5. The van der Waals surface area contributed by atoms with Gasteiger partial charge in [0.05, 0.1) is 0 Å². The maximum absolute atomic E-state index is 13.1. The van der Waals surface area contributed by atoms with Gasteiger partial charge in [0.2, 0.25) is 5.91 Å². The summed E-state index contributed by atoms with van der Waals surface area (Å²) in [5.41, 5.74) is 5.91. The summed E-state index contributed by atoms with van der Waals surface area (Å²) in [6.45, 7) is 5.14. The highest BCUT2D eigenvalue weighted by Gasteiger charge is 2.24. The minimum absolute atomic E-state index is 0.0408. The molecule has 124 valence electrons. The molecule has 1 aromatic carbocycles. The van der Waals surface area contributed by atoms with Crippen molar-refractivity contribution in [3.05, 3.63) is 34.6 Å².